The van der Waals surface area contributed by atoms with Crippen molar-refractivity contribution in [3.63, 3.8) is 0 Å². The number of hydrogen-bond acceptors (Lipinski definition) is 4. The highest BCUT2D eigenvalue weighted by Gasteiger charge is 2.15. The molecule has 0 aliphatic heterocycles. The molecule has 8 heteroatoms. The first-order valence-electron chi connectivity index (χ1n) is 7.28. The Kier molecular flexibility index (Phi) is 6.30. The Hall–Kier alpha value is -1.96. The summed E-state index contributed by atoms with van der Waals surface area (Å²) in [6.45, 7) is 2.25. The van der Waals surface area contributed by atoms with E-state index in [1.54, 1.807) is 17.3 Å². The van der Waals surface area contributed by atoms with Crippen LogP contribution in [0, 0.1) is 0 Å². The van der Waals surface area contributed by atoms with E-state index in [2.05, 4.69) is 9.71 Å². The number of rotatable bonds is 7. The summed E-state index contributed by atoms with van der Waals surface area (Å²) in [5, 5.41) is 0.467. The first-order valence-corrected chi connectivity index (χ1v) is 9.14. The molecule has 0 aliphatic carbocycles. The lowest BCUT2D eigenvalue weighted by Gasteiger charge is -2.21. The summed E-state index contributed by atoms with van der Waals surface area (Å²) < 4.78 is 26.9. The van der Waals surface area contributed by atoms with Crippen molar-refractivity contribution in [2.75, 3.05) is 13.1 Å². The average Bonchev–Trinajstić information content (AvgIpc) is 2.55. The third-order valence-corrected chi connectivity index (χ3v) is 5.09. The van der Waals surface area contributed by atoms with Crippen LogP contribution in [0.4, 0.5) is 0 Å². The van der Waals surface area contributed by atoms with Gasteiger partial charge in [-0.1, -0.05) is 11.6 Å². The summed E-state index contributed by atoms with van der Waals surface area (Å²) in [7, 11) is -3.63. The number of aromatic nitrogens is 1. The van der Waals surface area contributed by atoms with Crippen molar-refractivity contribution >= 4 is 27.5 Å². The van der Waals surface area contributed by atoms with E-state index in [0.29, 0.717) is 11.6 Å². The third-order valence-electron chi connectivity index (χ3n) is 3.37. The van der Waals surface area contributed by atoms with Crippen molar-refractivity contribution in [1.29, 1.82) is 0 Å². The molecule has 0 unspecified atom stereocenters. The van der Waals surface area contributed by atoms with E-state index >= 15 is 0 Å². The highest BCUT2D eigenvalue weighted by atomic mass is 35.5. The first kappa shape index (κ1) is 18.4. The van der Waals surface area contributed by atoms with E-state index in [1.165, 1.54) is 31.2 Å². The summed E-state index contributed by atoms with van der Waals surface area (Å²) in [6, 6.07) is 9.53. The molecule has 2 rings (SSSR count). The van der Waals surface area contributed by atoms with E-state index in [1.807, 2.05) is 12.1 Å². The molecule has 0 bridgehead atoms. The standard InChI is InChI=1S/C16H18ClN3O3S/c1-13(21)20(12-14-6-8-18-9-7-14)11-10-19-24(22,23)16-4-2-15(17)3-5-16/h2-9,19H,10-12H2,1H3. The second-order valence-corrected chi connectivity index (χ2v) is 7.35. The lowest BCUT2D eigenvalue weighted by molar-refractivity contribution is -0.129. The van der Waals surface area contributed by atoms with E-state index in [9.17, 15) is 13.2 Å². The van der Waals surface area contributed by atoms with Crippen LogP contribution >= 0.6 is 11.6 Å². The fraction of sp³-hybridized carbons (Fsp3) is 0.250. The fourth-order valence-electron chi connectivity index (χ4n) is 2.07. The van der Waals surface area contributed by atoms with Crippen molar-refractivity contribution in [2.45, 2.75) is 18.4 Å². The number of benzene rings is 1. The van der Waals surface area contributed by atoms with Crippen LogP contribution in [0.25, 0.3) is 0 Å². The fourth-order valence-corrected chi connectivity index (χ4v) is 3.22. The van der Waals surface area contributed by atoms with Gasteiger partial charge in [0.25, 0.3) is 0 Å². The molecule has 0 fully saturated rings. The molecule has 24 heavy (non-hydrogen) atoms. The maximum Gasteiger partial charge on any atom is 0.240 e. The second kappa shape index (κ2) is 8.23. The zero-order valence-corrected chi connectivity index (χ0v) is 14.7. The molecule has 0 spiro atoms. The quantitative estimate of drug-likeness (QED) is 0.812. The van der Waals surface area contributed by atoms with Crippen LogP contribution in [0.2, 0.25) is 5.02 Å². The predicted molar refractivity (Wildman–Crippen MR) is 92.0 cm³/mol. The van der Waals surface area contributed by atoms with Crippen molar-refractivity contribution in [3.8, 4) is 0 Å². The normalized spacial score (nSPS) is 11.2. The highest BCUT2D eigenvalue weighted by molar-refractivity contribution is 7.89. The van der Waals surface area contributed by atoms with Crippen LogP contribution in [0.15, 0.2) is 53.7 Å². The zero-order valence-electron chi connectivity index (χ0n) is 13.1. The first-order chi connectivity index (χ1) is 11.4. The van der Waals surface area contributed by atoms with Gasteiger partial charge in [0.2, 0.25) is 15.9 Å². The number of sulfonamides is 1. The molecular formula is C16H18ClN3O3S. The van der Waals surface area contributed by atoms with Crippen molar-refractivity contribution in [1.82, 2.24) is 14.6 Å². The summed E-state index contributed by atoms with van der Waals surface area (Å²) in [5.41, 5.74) is 0.931. The lowest BCUT2D eigenvalue weighted by atomic mass is 10.2. The maximum absolute atomic E-state index is 12.2. The highest BCUT2D eigenvalue weighted by Crippen LogP contribution is 2.13. The summed E-state index contributed by atoms with van der Waals surface area (Å²) in [5.74, 6) is -0.127. The number of nitrogens with one attached hydrogen (secondary N) is 1. The summed E-state index contributed by atoms with van der Waals surface area (Å²) in [4.78, 5) is 17.4. The zero-order chi connectivity index (χ0) is 17.6. The molecule has 1 N–H and O–H groups in total. The third kappa shape index (κ3) is 5.30. The Morgan fingerprint density at radius 1 is 1.17 bits per heavy atom. The molecule has 1 aromatic carbocycles. The van der Waals surface area contributed by atoms with Crippen LogP contribution in [-0.2, 0) is 21.4 Å². The van der Waals surface area contributed by atoms with Crippen LogP contribution in [0.1, 0.15) is 12.5 Å². The van der Waals surface area contributed by atoms with E-state index < -0.39 is 10.0 Å². The number of amides is 1. The number of nitrogens with zero attached hydrogens (tertiary/aromatic N) is 2. The molecule has 6 nitrogen and oxygen atoms in total. The Bertz CT molecular complexity index is 780. The molecule has 0 saturated carbocycles. The van der Waals surface area contributed by atoms with Crippen LogP contribution in [-0.4, -0.2) is 37.3 Å². The van der Waals surface area contributed by atoms with Gasteiger partial charge in [0.15, 0.2) is 0 Å². The lowest BCUT2D eigenvalue weighted by Crippen LogP contribution is -2.37. The summed E-state index contributed by atoms with van der Waals surface area (Å²) >= 11 is 5.76. The van der Waals surface area contributed by atoms with Gasteiger partial charge < -0.3 is 4.90 Å². The maximum atomic E-state index is 12.2. The van der Waals surface area contributed by atoms with E-state index in [4.69, 9.17) is 11.6 Å². The SMILES string of the molecule is CC(=O)N(CCNS(=O)(=O)c1ccc(Cl)cc1)Cc1ccncc1. The number of halogens is 1. The van der Waals surface area contributed by atoms with Crippen molar-refractivity contribution < 1.29 is 13.2 Å². The minimum Gasteiger partial charge on any atom is -0.337 e. The molecule has 2 aromatic rings. The molecular weight excluding hydrogens is 350 g/mol. The van der Waals surface area contributed by atoms with Gasteiger partial charge in [0.1, 0.15) is 0 Å². The monoisotopic (exact) mass is 367 g/mol. The molecule has 1 aromatic heterocycles. The second-order valence-electron chi connectivity index (χ2n) is 5.15. The van der Waals surface area contributed by atoms with Gasteiger partial charge in [-0.3, -0.25) is 9.78 Å². The molecule has 0 radical (unpaired) electrons. The minimum atomic E-state index is -3.63. The smallest absolute Gasteiger partial charge is 0.240 e. The molecule has 1 amide bonds. The molecule has 0 aliphatic rings. The van der Waals surface area contributed by atoms with Gasteiger partial charge in [0.05, 0.1) is 4.90 Å². The van der Waals surface area contributed by atoms with Gasteiger partial charge in [-0.25, -0.2) is 13.1 Å². The molecule has 0 atom stereocenters. The molecule has 128 valence electrons. The van der Waals surface area contributed by atoms with Gasteiger partial charge >= 0.3 is 0 Å². The average molecular weight is 368 g/mol. The number of carbonyl (C=O) groups is 1. The van der Waals surface area contributed by atoms with Crippen molar-refractivity contribution in [2.24, 2.45) is 0 Å². The van der Waals surface area contributed by atoms with Crippen molar-refractivity contribution in [3.05, 3.63) is 59.4 Å². The Labute approximate surface area is 146 Å². The Morgan fingerprint density at radius 3 is 2.38 bits per heavy atom. The van der Waals surface area contributed by atoms with Gasteiger partial charge in [-0.15, -0.1) is 0 Å². The topological polar surface area (TPSA) is 79.4 Å². The van der Waals surface area contributed by atoms with Crippen LogP contribution in [0.5, 0.6) is 0 Å². The van der Waals surface area contributed by atoms with Gasteiger partial charge in [-0.05, 0) is 42.0 Å². The van der Waals surface area contributed by atoms with Crippen LogP contribution < -0.4 is 4.72 Å². The number of pyridine rings is 1. The van der Waals surface area contributed by atoms with E-state index in [-0.39, 0.29) is 23.9 Å². The van der Waals surface area contributed by atoms with Gasteiger partial charge in [0, 0.05) is 44.0 Å². The number of hydrogen-bond donors (Lipinski definition) is 1. The van der Waals surface area contributed by atoms with E-state index in [0.717, 1.165) is 5.56 Å². The number of carbonyl (C=O) groups excluding carboxylic acids is 1. The molecule has 0 saturated heterocycles. The van der Waals surface area contributed by atoms with Crippen LogP contribution in [0.3, 0.4) is 0 Å². The largest absolute Gasteiger partial charge is 0.337 e. The molecule has 1 heterocycles. The summed E-state index contributed by atoms with van der Waals surface area (Å²) in [6.07, 6.45) is 3.30. The Balaban J connectivity index is 1.95. The van der Waals surface area contributed by atoms with Gasteiger partial charge in [-0.2, -0.15) is 0 Å². The minimum absolute atomic E-state index is 0.121. The predicted octanol–water partition coefficient (Wildman–Crippen LogP) is 2.06. The Morgan fingerprint density at radius 2 is 1.79 bits per heavy atom.